The Morgan fingerprint density at radius 1 is 1.10 bits per heavy atom. The van der Waals surface area contributed by atoms with Crippen LogP contribution in [0.2, 0.25) is 0 Å². The second kappa shape index (κ2) is 8.37. The molecule has 160 valence electrons. The van der Waals surface area contributed by atoms with Gasteiger partial charge in [-0.2, -0.15) is 4.68 Å². The molecule has 1 amide bonds. The Bertz CT molecular complexity index is 1230. The first-order valence-electron chi connectivity index (χ1n) is 10.7. The van der Waals surface area contributed by atoms with E-state index in [4.69, 9.17) is 12.2 Å². The predicted octanol–water partition coefficient (Wildman–Crippen LogP) is 2.72. The van der Waals surface area contributed by atoms with Gasteiger partial charge in [0.05, 0.1) is 10.9 Å². The summed E-state index contributed by atoms with van der Waals surface area (Å²) in [6.07, 6.45) is 2.61. The van der Waals surface area contributed by atoms with Gasteiger partial charge in [-0.1, -0.05) is 24.3 Å². The van der Waals surface area contributed by atoms with E-state index in [9.17, 15) is 9.59 Å². The monoisotopic (exact) mass is 435 g/mol. The third-order valence-electron chi connectivity index (χ3n) is 6.31. The molecule has 5 rings (SSSR count). The quantitative estimate of drug-likeness (QED) is 0.617. The lowest BCUT2D eigenvalue weighted by atomic mass is 10.1. The number of nitrogens with zero attached hydrogens (tertiary/aromatic N) is 3. The largest absolute Gasteiger partial charge is 0.330 e. The van der Waals surface area contributed by atoms with E-state index in [1.54, 1.807) is 30.3 Å². The zero-order chi connectivity index (χ0) is 21.4. The number of fused-ring (bicyclic) bond motifs is 2. The molecule has 2 saturated heterocycles. The number of H-pyrrole nitrogens is 1. The van der Waals surface area contributed by atoms with Gasteiger partial charge in [0.2, 0.25) is 0 Å². The molecule has 2 aromatic carbocycles. The summed E-state index contributed by atoms with van der Waals surface area (Å²) in [6.45, 7) is 5.48. The van der Waals surface area contributed by atoms with Crippen molar-refractivity contribution in [1.82, 2.24) is 19.5 Å². The van der Waals surface area contributed by atoms with Crippen LogP contribution >= 0.6 is 12.2 Å². The van der Waals surface area contributed by atoms with E-state index in [1.807, 2.05) is 18.2 Å². The molecular formula is C23H25N5O2S. The van der Waals surface area contributed by atoms with Crippen molar-refractivity contribution in [2.75, 3.05) is 31.6 Å². The molecule has 2 aliphatic rings. The summed E-state index contributed by atoms with van der Waals surface area (Å²) in [5.41, 5.74) is 4.59. The normalized spacial score (nSPS) is 19.4. The van der Waals surface area contributed by atoms with Gasteiger partial charge < -0.3 is 4.98 Å². The summed E-state index contributed by atoms with van der Waals surface area (Å²) in [5, 5.41) is 0.467. The molecule has 2 aliphatic heterocycles. The fraction of sp³-hybridized carbons (Fsp3) is 0.348. The van der Waals surface area contributed by atoms with Crippen LogP contribution in [-0.2, 0) is 6.54 Å². The summed E-state index contributed by atoms with van der Waals surface area (Å²) in [6, 6.07) is 15.4. The highest BCUT2D eigenvalue weighted by Gasteiger charge is 2.30. The summed E-state index contributed by atoms with van der Waals surface area (Å²) >= 11 is 5.26. The third kappa shape index (κ3) is 4.06. The van der Waals surface area contributed by atoms with E-state index in [2.05, 4.69) is 20.2 Å². The van der Waals surface area contributed by atoms with Gasteiger partial charge in [-0.25, -0.2) is 0 Å². The maximum absolute atomic E-state index is 12.7. The molecule has 8 heteroatoms. The Morgan fingerprint density at radius 2 is 1.90 bits per heavy atom. The number of nitrogens with one attached hydrogen (secondary N) is 2. The van der Waals surface area contributed by atoms with Crippen LogP contribution in [0.4, 0.5) is 0 Å². The van der Waals surface area contributed by atoms with Gasteiger partial charge in [-0.15, -0.1) is 0 Å². The van der Waals surface area contributed by atoms with Crippen LogP contribution in [0.5, 0.6) is 0 Å². The minimum Gasteiger partial charge on any atom is -0.330 e. The number of aromatic nitrogens is 2. The molecule has 1 aromatic heterocycles. The lowest BCUT2D eigenvalue weighted by Crippen LogP contribution is -2.49. The average Bonchev–Trinajstić information content (AvgIpc) is 3.25. The van der Waals surface area contributed by atoms with Gasteiger partial charge in [0.15, 0.2) is 4.77 Å². The van der Waals surface area contributed by atoms with Crippen molar-refractivity contribution in [1.29, 1.82) is 0 Å². The van der Waals surface area contributed by atoms with E-state index in [1.165, 1.54) is 24.9 Å². The van der Waals surface area contributed by atoms with E-state index >= 15 is 0 Å². The minimum absolute atomic E-state index is 0.153. The lowest BCUT2D eigenvalue weighted by molar-refractivity contribution is 0.0993. The number of carbonyl (C=O) groups excluding carboxylic acids is 1. The van der Waals surface area contributed by atoms with Crippen LogP contribution in [0.25, 0.3) is 10.9 Å². The average molecular weight is 436 g/mol. The minimum atomic E-state index is -0.372. The molecule has 7 nitrogen and oxygen atoms in total. The van der Waals surface area contributed by atoms with E-state index < -0.39 is 0 Å². The van der Waals surface area contributed by atoms with Crippen LogP contribution in [0.1, 0.15) is 28.8 Å². The highest BCUT2D eigenvalue weighted by atomic mass is 32.1. The molecule has 2 fully saturated rings. The Balaban J connectivity index is 1.28. The maximum atomic E-state index is 12.7. The second-order valence-corrected chi connectivity index (χ2v) is 8.71. The van der Waals surface area contributed by atoms with Crippen molar-refractivity contribution in [3.05, 3.63) is 74.8 Å². The summed E-state index contributed by atoms with van der Waals surface area (Å²) in [4.78, 5) is 33.5. The Morgan fingerprint density at radius 3 is 2.74 bits per heavy atom. The predicted molar refractivity (Wildman–Crippen MR) is 123 cm³/mol. The van der Waals surface area contributed by atoms with Crippen LogP contribution in [0.15, 0.2) is 53.3 Å². The molecule has 3 heterocycles. The van der Waals surface area contributed by atoms with E-state index in [0.29, 0.717) is 22.5 Å². The molecule has 1 atom stereocenters. The van der Waals surface area contributed by atoms with Crippen LogP contribution in [0, 0.1) is 4.77 Å². The van der Waals surface area contributed by atoms with Crippen LogP contribution in [-0.4, -0.2) is 57.6 Å². The van der Waals surface area contributed by atoms with E-state index in [-0.39, 0.29) is 16.2 Å². The van der Waals surface area contributed by atoms with Crippen molar-refractivity contribution >= 4 is 29.0 Å². The summed E-state index contributed by atoms with van der Waals surface area (Å²) < 4.78 is 1.24. The molecule has 0 bridgehead atoms. The number of rotatable bonds is 4. The SMILES string of the molecule is O=C(Nn1c(=S)[nH]c2ccccc2c1=O)c1ccc(CN2CCN3CCC[C@H]3C2)cc1. The number of benzene rings is 2. The molecule has 0 spiro atoms. The first-order valence-corrected chi connectivity index (χ1v) is 11.1. The Hall–Kier alpha value is -2.81. The maximum Gasteiger partial charge on any atom is 0.281 e. The first-order chi connectivity index (χ1) is 15.1. The topological polar surface area (TPSA) is 73.4 Å². The van der Waals surface area contributed by atoms with Gasteiger partial charge >= 0.3 is 0 Å². The summed E-state index contributed by atoms with van der Waals surface area (Å²) in [7, 11) is 0. The van der Waals surface area contributed by atoms with Gasteiger partial charge in [0.25, 0.3) is 11.5 Å². The van der Waals surface area contributed by atoms with Crippen molar-refractivity contribution in [3.8, 4) is 0 Å². The number of piperazine rings is 1. The second-order valence-electron chi connectivity index (χ2n) is 8.32. The number of para-hydroxylation sites is 1. The van der Waals surface area contributed by atoms with E-state index in [0.717, 1.165) is 30.9 Å². The third-order valence-corrected chi connectivity index (χ3v) is 6.60. The lowest BCUT2D eigenvalue weighted by Gasteiger charge is -2.37. The van der Waals surface area contributed by atoms with Crippen molar-refractivity contribution < 1.29 is 4.79 Å². The fourth-order valence-electron chi connectivity index (χ4n) is 4.65. The zero-order valence-corrected chi connectivity index (χ0v) is 18.0. The van der Waals surface area contributed by atoms with Crippen molar-refractivity contribution in [3.63, 3.8) is 0 Å². The molecule has 3 aromatic rings. The first kappa shape index (κ1) is 20.1. The van der Waals surface area contributed by atoms with Crippen molar-refractivity contribution in [2.45, 2.75) is 25.4 Å². The zero-order valence-electron chi connectivity index (χ0n) is 17.2. The number of hydrogen-bond donors (Lipinski definition) is 2. The van der Waals surface area contributed by atoms with Crippen LogP contribution in [0.3, 0.4) is 0 Å². The Kier molecular flexibility index (Phi) is 5.43. The number of amides is 1. The number of carbonyl (C=O) groups is 1. The van der Waals surface area contributed by atoms with Gasteiger partial charge in [-0.3, -0.25) is 24.8 Å². The molecule has 0 saturated carbocycles. The van der Waals surface area contributed by atoms with Gasteiger partial charge in [-0.05, 0) is 61.4 Å². The molecule has 2 N–H and O–H groups in total. The standard InChI is InChI=1S/C23H25N5O2S/c29-21(25-28-22(30)19-5-1-2-6-20(19)24-23(28)31)17-9-7-16(8-10-17)14-26-12-13-27-11-3-4-18(27)15-26/h1-2,5-10,18H,3-4,11-15H2,(H,24,31)(H,25,29)/t18-/m0/s1. The fourth-order valence-corrected chi connectivity index (χ4v) is 4.89. The molecule has 0 aliphatic carbocycles. The number of aromatic amines is 1. The number of hydrogen-bond acceptors (Lipinski definition) is 5. The highest BCUT2D eigenvalue weighted by Crippen LogP contribution is 2.22. The highest BCUT2D eigenvalue weighted by molar-refractivity contribution is 7.71. The smallest absolute Gasteiger partial charge is 0.281 e. The molecule has 0 unspecified atom stereocenters. The van der Waals surface area contributed by atoms with Crippen molar-refractivity contribution in [2.24, 2.45) is 0 Å². The van der Waals surface area contributed by atoms with Crippen LogP contribution < -0.4 is 11.0 Å². The molecular weight excluding hydrogens is 410 g/mol. The Labute approximate surface area is 185 Å². The molecule has 0 radical (unpaired) electrons. The van der Waals surface area contributed by atoms with Gasteiger partial charge in [0, 0.05) is 37.8 Å². The van der Waals surface area contributed by atoms with Gasteiger partial charge in [0.1, 0.15) is 0 Å². The molecule has 31 heavy (non-hydrogen) atoms. The summed E-state index contributed by atoms with van der Waals surface area (Å²) in [5.74, 6) is -0.372.